The van der Waals surface area contributed by atoms with Crippen molar-refractivity contribution < 1.29 is 4.74 Å². The highest BCUT2D eigenvalue weighted by Crippen LogP contribution is 2.23. The summed E-state index contributed by atoms with van der Waals surface area (Å²) in [6.45, 7) is 0.487. The summed E-state index contributed by atoms with van der Waals surface area (Å²) in [6.07, 6.45) is 0. The molecule has 2 rings (SSSR count). The third-order valence-electron chi connectivity index (χ3n) is 2.98. The van der Waals surface area contributed by atoms with Gasteiger partial charge in [-0.1, -0.05) is 11.6 Å². The highest BCUT2D eigenvalue weighted by atomic mass is 35.5. The van der Waals surface area contributed by atoms with Crippen LogP contribution in [0.25, 0.3) is 0 Å². The monoisotopic (exact) mass is 297 g/mol. The number of hydrogen-bond acceptors (Lipinski definition) is 4. The van der Waals surface area contributed by atoms with Crippen LogP contribution in [0.5, 0.6) is 5.75 Å². The van der Waals surface area contributed by atoms with Gasteiger partial charge in [0, 0.05) is 17.8 Å². The molecule has 0 saturated heterocycles. The van der Waals surface area contributed by atoms with Crippen molar-refractivity contribution in [3.8, 4) is 17.9 Å². The van der Waals surface area contributed by atoms with Crippen LogP contribution in [0.1, 0.15) is 16.7 Å². The molecular weight excluding hydrogens is 286 g/mol. The fourth-order valence-electron chi connectivity index (χ4n) is 1.90. The summed E-state index contributed by atoms with van der Waals surface area (Å²) < 4.78 is 5.27. The van der Waals surface area contributed by atoms with E-state index in [4.69, 9.17) is 26.9 Å². The largest absolute Gasteiger partial charge is 0.496 e. The van der Waals surface area contributed by atoms with Gasteiger partial charge in [0.05, 0.1) is 29.3 Å². The number of methoxy groups -OCH3 is 1. The van der Waals surface area contributed by atoms with E-state index in [9.17, 15) is 0 Å². The summed E-state index contributed by atoms with van der Waals surface area (Å²) in [5, 5.41) is 21.4. The first-order valence-corrected chi connectivity index (χ1v) is 6.56. The van der Waals surface area contributed by atoms with Gasteiger partial charge in [0.1, 0.15) is 11.8 Å². The van der Waals surface area contributed by atoms with Crippen LogP contribution in [0.2, 0.25) is 5.02 Å². The van der Waals surface area contributed by atoms with Crippen molar-refractivity contribution in [2.45, 2.75) is 6.54 Å². The SMILES string of the molecule is COc1ccc(C#N)cc1CNc1ccc(C#N)c(Cl)c1. The molecule has 0 saturated carbocycles. The maximum absolute atomic E-state index is 8.95. The summed E-state index contributed by atoms with van der Waals surface area (Å²) in [6, 6.07) is 14.5. The van der Waals surface area contributed by atoms with Gasteiger partial charge < -0.3 is 10.1 Å². The van der Waals surface area contributed by atoms with Crippen molar-refractivity contribution in [3.05, 3.63) is 58.1 Å². The molecule has 0 aliphatic rings. The zero-order chi connectivity index (χ0) is 15.2. The van der Waals surface area contributed by atoms with E-state index in [-0.39, 0.29) is 0 Å². The Balaban J connectivity index is 2.18. The van der Waals surface area contributed by atoms with E-state index in [0.717, 1.165) is 11.3 Å². The first kappa shape index (κ1) is 14.7. The van der Waals surface area contributed by atoms with Crippen LogP contribution in [0.3, 0.4) is 0 Å². The number of ether oxygens (including phenoxy) is 1. The average Bonchev–Trinajstić information content (AvgIpc) is 2.52. The molecule has 0 aliphatic heterocycles. The highest BCUT2D eigenvalue weighted by Gasteiger charge is 2.06. The zero-order valence-electron chi connectivity index (χ0n) is 11.4. The first-order valence-electron chi connectivity index (χ1n) is 6.18. The van der Waals surface area contributed by atoms with Crippen LogP contribution >= 0.6 is 11.6 Å². The first-order chi connectivity index (χ1) is 10.2. The Morgan fingerprint density at radius 2 is 1.95 bits per heavy atom. The predicted molar refractivity (Wildman–Crippen MR) is 81.2 cm³/mol. The van der Waals surface area contributed by atoms with Crippen LogP contribution in [-0.2, 0) is 6.54 Å². The third kappa shape index (κ3) is 3.45. The van der Waals surface area contributed by atoms with E-state index in [1.165, 1.54) is 0 Å². The number of rotatable bonds is 4. The minimum absolute atomic E-state index is 0.403. The number of benzene rings is 2. The van der Waals surface area contributed by atoms with Crippen molar-refractivity contribution in [3.63, 3.8) is 0 Å². The zero-order valence-corrected chi connectivity index (χ0v) is 12.1. The summed E-state index contributed by atoms with van der Waals surface area (Å²) in [5.41, 5.74) is 2.68. The maximum atomic E-state index is 8.95. The molecule has 0 aliphatic carbocycles. The van der Waals surface area contributed by atoms with Gasteiger partial charge in [-0.25, -0.2) is 0 Å². The van der Waals surface area contributed by atoms with Gasteiger partial charge >= 0.3 is 0 Å². The molecule has 5 heteroatoms. The molecular formula is C16H12ClN3O. The topological polar surface area (TPSA) is 68.8 Å². The lowest BCUT2D eigenvalue weighted by Gasteiger charge is -2.11. The second kappa shape index (κ2) is 6.65. The Morgan fingerprint density at radius 3 is 2.57 bits per heavy atom. The molecule has 0 unspecified atom stereocenters. The van der Waals surface area contributed by atoms with Crippen LogP contribution in [0, 0.1) is 22.7 Å². The summed E-state index contributed by atoms with van der Waals surface area (Å²) in [4.78, 5) is 0. The minimum atomic E-state index is 0.403. The molecule has 0 radical (unpaired) electrons. The molecule has 0 fully saturated rings. The van der Waals surface area contributed by atoms with Gasteiger partial charge in [-0.3, -0.25) is 0 Å². The highest BCUT2D eigenvalue weighted by molar-refractivity contribution is 6.32. The van der Waals surface area contributed by atoms with Crippen molar-refractivity contribution in [2.24, 2.45) is 0 Å². The number of nitrogens with one attached hydrogen (secondary N) is 1. The van der Waals surface area contributed by atoms with E-state index in [2.05, 4.69) is 11.4 Å². The Kier molecular flexibility index (Phi) is 4.66. The molecule has 0 amide bonds. The number of nitrogens with zero attached hydrogens (tertiary/aromatic N) is 2. The van der Waals surface area contributed by atoms with E-state index >= 15 is 0 Å². The molecule has 1 N–H and O–H groups in total. The van der Waals surface area contributed by atoms with Gasteiger partial charge in [0.15, 0.2) is 0 Å². The third-order valence-corrected chi connectivity index (χ3v) is 3.29. The molecule has 0 bridgehead atoms. The smallest absolute Gasteiger partial charge is 0.123 e. The molecule has 0 aromatic heterocycles. The minimum Gasteiger partial charge on any atom is -0.496 e. The predicted octanol–water partition coefficient (Wildman–Crippen LogP) is 3.70. The molecule has 4 nitrogen and oxygen atoms in total. The number of nitriles is 2. The van der Waals surface area contributed by atoms with Gasteiger partial charge in [-0.15, -0.1) is 0 Å². The van der Waals surface area contributed by atoms with Crippen molar-refractivity contribution in [1.29, 1.82) is 10.5 Å². The van der Waals surface area contributed by atoms with Crippen molar-refractivity contribution >= 4 is 17.3 Å². The Morgan fingerprint density at radius 1 is 1.14 bits per heavy atom. The summed E-state index contributed by atoms with van der Waals surface area (Å²) in [7, 11) is 1.59. The lowest BCUT2D eigenvalue weighted by molar-refractivity contribution is 0.410. The molecule has 0 atom stereocenters. The standard InChI is InChI=1S/C16H12ClN3O/c1-21-16-5-2-11(8-18)6-13(16)10-20-14-4-3-12(9-19)15(17)7-14/h2-7,20H,10H2,1H3. The van der Waals surface area contributed by atoms with Crippen LogP contribution < -0.4 is 10.1 Å². The van der Waals surface area contributed by atoms with Gasteiger partial charge in [-0.2, -0.15) is 10.5 Å². The van der Waals surface area contributed by atoms with E-state index in [1.807, 2.05) is 6.07 Å². The summed E-state index contributed by atoms with van der Waals surface area (Å²) in [5.74, 6) is 0.709. The quantitative estimate of drug-likeness (QED) is 0.934. The fraction of sp³-hybridized carbons (Fsp3) is 0.125. The molecule has 2 aromatic rings. The Bertz CT molecular complexity index is 744. The van der Waals surface area contributed by atoms with Crippen LogP contribution in [0.4, 0.5) is 5.69 Å². The lowest BCUT2D eigenvalue weighted by Crippen LogP contribution is -2.02. The molecule has 0 spiro atoms. The number of anilines is 1. The van der Waals surface area contributed by atoms with Crippen molar-refractivity contribution in [2.75, 3.05) is 12.4 Å². The molecule has 104 valence electrons. The second-order valence-corrected chi connectivity index (χ2v) is 4.71. The number of hydrogen-bond donors (Lipinski definition) is 1. The van der Waals surface area contributed by atoms with Gasteiger partial charge in [-0.05, 0) is 36.4 Å². The molecule has 2 aromatic carbocycles. The fourth-order valence-corrected chi connectivity index (χ4v) is 2.12. The average molecular weight is 298 g/mol. The van der Waals surface area contributed by atoms with E-state index in [0.29, 0.717) is 28.4 Å². The molecule has 21 heavy (non-hydrogen) atoms. The van der Waals surface area contributed by atoms with E-state index < -0.39 is 0 Å². The Hall–Kier alpha value is -2.69. The van der Waals surface area contributed by atoms with Crippen LogP contribution in [-0.4, -0.2) is 7.11 Å². The normalized spacial score (nSPS) is 9.52. The maximum Gasteiger partial charge on any atom is 0.123 e. The summed E-state index contributed by atoms with van der Waals surface area (Å²) >= 11 is 5.99. The Labute approximate surface area is 128 Å². The van der Waals surface area contributed by atoms with E-state index in [1.54, 1.807) is 43.5 Å². The van der Waals surface area contributed by atoms with Gasteiger partial charge in [0.2, 0.25) is 0 Å². The molecule has 0 heterocycles. The second-order valence-electron chi connectivity index (χ2n) is 4.30. The van der Waals surface area contributed by atoms with Crippen molar-refractivity contribution in [1.82, 2.24) is 0 Å². The lowest BCUT2D eigenvalue weighted by atomic mass is 10.1. The van der Waals surface area contributed by atoms with Crippen LogP contribution in [0.15, 0.2) is 36.4 Å². The number of halogens is 1. The van der Waals surface area contributed by atoms with Gasteiger partial charge in [0.25, 0.3) is 0 Å².